The number of fused-ring (bicyclic) bond motifs is 1. The van der Waals surface area contributed by atoms with Gasteiger partial charge in [0.25, 0.3) is 0 Å². The summed E-state index contributed by atoms with van der Waals surface area (Å²) >= 11 is 0. The Kier molecular flexibility index (Phi) is 4.03. The summed E-state index contributed by atoms with van der Waals surface area (Å²) in [6.07, 6.45) is 2.26. The maximum atomic E-state index is 5.71. The van der Waals surface area contributed by atoms with Crippen LogP contribution in [0.3, 0.4) is 0 Å². The van der Waals surface area contributed by atoms with E-state index in [4.69, 9.17) is 4.74 Å². The van der Waals surface area contributed by atoms with E-state index in [0.717, 1.165) is 25.2 Å². The van der Waals surface area contributed by atoms with Crippen molar-refractivity contribution in [2.75, 3.05) is 6.61 Å². The van der Waals surface area contributed by atoms with Crippen molar-refractivity contribution < 1.29 is 4.74 Å². The van der Waals surface area contributed by atoms with Crippen molar-refractivity contribution in [3.8, 4) is 5.75 Å². The number of aryl methyl sites for hydroxylation is 1. The predicted molar refractivity (Wildman–Crippen MR) is 82.0 cm³/mol. The standard InChI is InChI=1S/C18H21NO/c1-14(11-12-15-7-3-2-4-8-15)19-17-13-20-18-10-6-5-9-16(17)18/h2-10,14,17,19H,11-13H2,1H3. The molecule has 2 aromatic carbocycles. The highest BCUT2D eigenvalue weighted by atomic mass is 16.5. The molecule has 0 amide bonds. The van der Waals surface area contributed by atoms with Crippen LogP contribution >= 0.6 is 0 Å². The van der Waals surface area contributed by atoms with Gasteiger partial charge in [0.05, 0.1) is 6.04 Å². The summed E-state index contributed by atoms with van der Waals surface area (Å²) in [4.78, 5) is 0. The highest BCUT2D eigenvalue weighted by Gasteiger charge is 2.24. The molecule has 0 fully saturated rings. The van der Waals surface area contributed by atoms with E-state index in [1.54, 1.807) is 0 Å². The Morgan fingerprint density at radius 2 is 1.85 bits per heavy atom. The van der Waals surface area contributed by atoms with Crippen LogP contribution in [0, 0.1) is 0 Å². The van der Waals surface area contributed by atoms with Crippen molar-refractivity contribution in [1.82, 2.24) is 5.32 Å². The topological polar surface area (TPSA) is 21.3 Å². The zero-order valence-corrected chi connectivity index (χ0v) is 11.9. The average Bonchev–Trinajstić information content (AvgIpc) is 2.90. The van der Waals surface area contributed by atoms with E-state index in [1.807, 2.05) is 12.1 Å². The first-order valence-electron chi connectivity index (χ1n) is 7.34. The third-order valence-corrected chi connectivity index (χ3v) is 3.89. The fourth-order valence-corrected chi connectivity index (χ4v) is 2.76. The third kappa shape index (κ3) is 3.02. The number of ether oxygens (including phenoxy) is 1. The van der Waals surface area contributed by atoms with Crippen LogP contribution in [-0.2, 0) is 6.42 Å². The van der Waals surface area contributed by atoms with Gasteiger partial charge in [-0.25, -0.2) is 0 Å². The Hall–Kier alpha value is -1.80. The van der Waals surface area contributed by atoms with Gasteiger partial charge in [-0.1, -0.05) is 48.5 Å². The molecule has 104 valence electrons. The lowest BCUT2D eigenvalue weighted by Gasteiger charge is -2.18. The van der Waals surface area contributed by atoms with Crippen LogP contribution in [0.15, 0.2) is 54.6 Å². The summed E-state index contributed by atoms with van der Waals surface area (Å²) in [6.45, 7) is 3.00. The molecular weight excluding hydrogens is 246 g/mol. The van der Waals surface area contributed by atoms with E-state index in [1.165, 1.54) is 11.1 Å². The highest BCUT2D eigenvalue weighted by Crippen LogP contribution is 2.32. The second kappa shape index (κ2) is 6.10. The first-order valence-corrected chi connectivity index (χ1v) is 7.34. The number of hydrogen-bond donors (Lipinski definition) is 1. The molecule has 1 N–H and O–H groups in total. The molecule has 2 unspecified atom stereocenters. The molecule has 1 heterocycles. The minimum atomic E-state index is 0.331. The zero-order chi connectivity index (χ0) is 13.8. The lowest BCUT2D eigenvalue weighted by atomic mass is 10.0. The number of nitrogens with one attached hydrogen (secondary N) is 1. The van der Waals surface area contributed by atoms with Crippen molar-refractivity contribution in [2.24, 2.45) is 0 Å². The quantitative estimate of drug-likeness (QED) is 0.891. The predicted octanol–water partition coefficient (Wildman–Crippen LogP) is 3.73. The largest absolute Gasteiger partial charge is 0.491 e. The van der Waals surface area contributed by atoms with Crippen LogP contribution in [0.2, 0.25) is 0 Å². The van der Waals surface area contributed by atoms with E-state index in [0.29, 0.717) is 12.1 Å². The molecule has 2 nitrogen and oxygen atoms in total. The van der Waals surface area contributed by atoms with Gasteiger partial charge in [-0.3, -0.25) is 0 Å². The molecule has 0 radical (unpaired) electrons. The smallest absolute Gasteiger partial charge is 0.124 e. The van der Waals surface area contributed by atoms with Crippen molar-refractivity contribution in [3.05, 3.63) is 65.7 Å². The second-order valence-corrected chi connectivity index (χ2v) is 5.49. The Labute approximate surface area is 120 Å². The molecule has 1 aliphatic heterocycles. The summed E-state index contributed by atoms with van der Waals surface area (Å²) in [5.74, 6) is 1.03. The fraction of sp³-hybridized carbons (Fsp3) is 0.333. The minimum absolute atomic E-state index is 0.331. The molecule has 0 bridgehead atoms. The van der Waals surface area contributed by atoms with Crippen molar-refractivity contribution in [3.63, 3.8) is 0 Å². The van der Waals surface area contributed by atoms with Crippen molar-refractivity contribution in [2.45, 2.75) is 31.8 Å². The van der Waals surface area contributed by atoms with Crippen molar-refractivity contribution in [1.29, 1.82) is 0 Å². The molecule has 1 aliphatic rings. The van der Waals surface area contributed by atoms with Gasteiger partial charge in [-0.2, -0.15) is 0 Å². The normalized spacial score (nSPS) is 18.4. The van der Waals surface area contributed by atoms with E-state index in [-0.39, 0.29) is 0 Å². The molecule has 3 rings (SSSR count). The van der Waals surface area contributed by atoms with E-state index in [9.17, 15) is 0 Å². The number of hydrogen-bond acceptors (Lipinski definition) is 2. The Morgan fingerprint density at radius 1 is 1.10 bits per heavy atom. The first kappa shape index (κ1) is 13.2. The van der Waals surface area contributed by atoms with Crippen LogP contribution in [0.4, 0.5) is 0 Å². The van der Waals surface area contributed by atoms with Gasteiger partial charge >= 0.3 is 0 Å². The lowest BCUT2D eigenvalue weighted by Crippen LogP contribution is -2.31. The summed E-state index contributed by atoms with van der Waals surface area (Å²) in [5.41, 5.74) is 2.70. The van der Waals surface area contributed by atoms with Crippen LogP contribution in [0.1, 0.15) is 30.5 Å². The first-order chi connectivity index (χ1) is 9.83. The average molecular weight is 267 g/mol. The van der Waals surface area contributed by atoms with Gasteiger partial charge in [-0.05, 0) is 31.4 Å². The van der Waals surface area contributed by atoms with Gasteiger partial charge in [-0.15, -0.1) is 0 Å². The fourth-order valence-electron chi connectivity index (χ4n) is 2.76. The molecule has 2 heteroatoms. The molecule has 0 saturated heterocycles. The van der Waals surface area contributed by atoms with Crippen molar-refractivity contribution >= 4 is 0 Å². The van der Waals surface area contributed by atoms with Crippen LogP contribution in [0.5, 0.6) is 5.75 Å². The zero-order valence-electron chi connectivity index (χ0n) is 11.9. The van der Waals surface area contributed by atoms with Gasteiger partial charge in [0.2, 0.25) is 0 Å². The van der Waals surface area contributed by atoms with Gasteiger partial charge in [0, 0.05) is 11.6 Å². The summed E-state index contributed by atoms with van der Waals surface area (Å²) in [7, 11) is 0. The molecule has 0 saturated carbocycles. The maximum Gasteiger partial charge on any atom is 0.124 e. The number of rotatable bonds is 5. The molecule has 0 aromatic heterocycles. The SMILES string of the molecule is CC(CCc1ccccc1)NC1COc2ccccc21. The summed E-state index contributed by atoms with van der Waals surface area (Å²) in [5, 5.41) is 3.68. The summed E-state index contributed by atoms with van der Waals surface area (Å²) < 4.78 is 5.71. The molecular formula is C18H21NO. The Bertz CT molecular complexity index is 552. The van der Waals surface area contributed by atoms with Gasteiger partial charge < -0.3 is 10.1 Å². The Balaban J connectivity index is 1.54. The molecule has 2 aromatic rings. The minimum Gasteiger partial charge on any atom is -0.491 e. The number of para-hydroxylation sites is 1. The molecule has 2 atom stereocenters. The summed E-state index contributed by atoms with van der Waals surface area (Å²) in [6, 6.07) is 19.8. The second-order valence-electron chi connectivity index (χ2n) is 5.49. The van der Waals surface area contributed by atoms with Gasteiger partial charge in [0.1, 0.15) is 12.4 Å². The lowest BCUT2D eigenvalue weighted by molar-refractivity contribution is 0.297. The van der Waals surface area contributed by atoms with Gasteiger partial charge in [0.15, 0.2) is 0 Å². The highest BCUT2D eigenvalue weighted by molar-refractivity contribution is 5.39. The van der Waals surface area contributed by atoms with E-state index < -0.39 is 0 Å². The van der Waals surface area contributed by atoms with E-state index in [2.05, 4.69) is 54.7 Å². The Morgan fingerprint density at radius 3 is 2.70 bits per heavy atom. The van der Waals surface area contributed by atoms with E-state index >= 15 is 0 Å². The van der Waals surface area contributed by atoms with Crippen LogP contribution in [0.25, 0.3) is 0 Å². The van der Waals surface area contributed by atoms with Crippen LogP contribution in [-0.4, -0.2) is 12.6 Å². The molecule has 0 aliphatic carbocycles. The third-order valence-electron chi connectivity index (χ3n) is 3.89. The van der Waals surface area contributed by atoms with Crippen LogP contribution < -0.4 is 10.1 Å². The molecule has 20 heavy (non-hydrogen) atoms. The molecule has 0 spiro atoms. The maximum absolute atomic E-state index is 5.71. The monoisotopic (exact) mass is 267 g/mol. The number of benzene rings is 2.